The number of amides is 1. The lowest BCUT2D eigenvalue weighted by atomic mass is 10.1. The topological polar surface area (TPSA) is 108 Å². The first kappa shape index (κ1) is 21.0. The molecule has 1 amide bonds. The normalized spacial score (nSPS) is 10.8. The summed E-state index contributed by atoms with van der Waals surface area (Å²) in [5, 5.41) is 22.6. The second-order valence-corrected chi connectivity index (χ2v) is 7.50. The highest BCUT2D eigenvalue weighted by atomic mass is 16.6. The van der Waals surface area contributed by atoms with Crippen LogP contribution in [0.4, 0.5) is 11.4 Å². The maximum absolute atomic E-state index is 12.6. The summed E-state index contributed by atoms with van der Waals surface area (Å²) in [6, 6.07) is 17.0. The van der Waals surface area contributed by atoms with Crippen molar-refractivity contribution in [3.63, 3.8) is 0 Å². The molecule has 0 unspecified atom stereocenters. The van der Waals surface area contributed by atoms with Gasteiger partial charge in [0, 0.05) is 11.8 Å². The average molecular weight is 430 g/mol. The number of anilines is 1. The summed E-state index contributed by atoms with van der Waals surface area (Å²) in [6.45, 7) is 4.31. The Kier molecular flexibility index (Phi) is 5.80. The van der Waals surface area contributed by atoms with Crippen molar-refractivity contribution in [2.24, 2.45) is 0 Å². The van der Waals surface area contributed by atoms with Crippen LogP contribution in [0.5, 0.6) is 0 Å². The predicted octanol–water partition coefficient (Wildman–Crippen LogP) is 3.95. The largest absolute Gasteiger partial charge is 0.319 e. The molecule has 0 fully saturated rings. The molecule has 2 heterocycles. The molecule has 2 aromatic heterocycles. The first-order chi connectivity index (χ1) is 15.4. The van der Waals surface area contributed by atoms with Crippen molar-refractivity contribution in [1.29, 1.82) is 0 Å². The van der Waals surface area contributed by atoms with Crippen molar-refractivity contribution >= 4 is 17.3 Å². The van der Waals surface area contributed by atoms with Crippen LogP contribution in [0.25, 0.3) is 0 Å². The summed E-state index contributed by atoms with van der Waals surface area (Å²) < 4.78 is 3.37. The van der Waals surface area contributed by atoms with Crippen molar-refractivity contribution in [2.45, 2.75) is 26.9 Å². The van der Waals surface area contributed by atoms with Gasteiger partial charge in [-0.05, 0) is 37.1 Å². The molecule has 4 rings (SSSR count). The molecule has 9 nitrogen and oxygen atoms in total. The number of hydrogen-bond donors (Lipinski definition) is 1. The van der Waals surface area contributed by atoms with E-state index in [9.17, 15) is 14.9 Å². The predicted molar refractivity (Wildman–Crippen MR) is 120 cm³/mol. The molecule has 0 bridgehead atoms. The van der Waals surface area contributed by atoms with Crippen LogP contribution in [0.15, 0.2) is 67.0 Å². The van der Waals surface area contributed by atoms with Crippen molar-refractivity contribution in [2.75, 3.05) is 5.32 Å². The molecule has 9 heteroatoms. The molecule has 0 saturated carbocycles. The minimum Gasteiger partial charge on any atom is -0.319 e. The van der Waals surface area contributed by atoms with Crippen molar-refractivity contribution in [3.05, 3.63) is 105 Å². The minimum atomic E-state index is -0.413. The van der Waals surface area contributed by atoms with Crippen LogP contribution in [-0.4, -0.2) is 30.4 Å². The zero-order valence-electron chi connectivity index (χ0n) is 17.7. The van der Waals surface area contributed by atoms with Gasteiger partial charge in [-0.15, -0.1) is 0 Å². The maximum atomic E-state index is 12.6. The standard InChI is InChI=1S/C23H22N6O3/c1-16-22(29(31)32)17(2)28(26-16)14-19-8-10-20(11-9-19)23(30)25-21-12-24-27(15-21)13-18-6-4-3-5-7-18/h3-12,15H,13-14H2,1-2H3,(H,25,30). The number of nitro groups is 1. The molecule has 0 spiro atoms. The first-order valence-electron chi connectivity index (χ1n) is 10.1. The number of carbonyl (C=O) groups excluding carboxylic acids is 1. The van der Waals surface area contributed by atoms with Crippen molar-refractivity contribution in [3.8, 4) is 0 Å². The van der Waals surface area contributed by atoms with Gasteiger partial charge in [0.2, 0.25) is 0 Å². The second-order valence-electron chi connectivity index (χ2n) is 7.50. The van der Waals surface area contributed by atoms with Crippen LogP contribution in [0.2, 0.25) is 0 Å². The smallest absolute Gasteiger partial charge is 0.312 e. The van der Waals surface area contributed by atoms with Gasteiger partial charge in [0.15, 0.2) is 0 Å². The zero-order chi connectivity index (χ0) is 22.7. The Morgan fingerprint density at radius 3 is 2.38 bits per heavy atom. The molecular weight excluding hydrogens is 408 g/mol. The van der Waals surface area contributed by atoms with E-state index < -0.39 is 4.92 Å². The fourth-order valence-electron chi connectivity index (χ4n) is 3.53. The third-order valence-corrected chi connectivity index (χ3v) is 5.15. The number of aryl methyl sites for hydroxylation is 1. The molecule has 0 atom stereocenters. The molecular formula is C23H22N6O3. The molecule has 1 N–H and O–H groups in total. The second kappa shape index (κ2) is 8.84. The number of nitrogens with one attached hydrogen (secondary N) is 1. The number of hydrogen-bond acceptors (Lipinski definition) is 5. The number of benzene rings is 2. The van der Waals surface area contributed by atoms with Crippen molar-refractivity contribution < 1.29 is 9.72 Å². The Balaban J connectivity index is 1.40. The van der Waals surface area contributed by atoms with Gasteiger partial charge in [-0.2, -0.15) is 10.2 Å². The fourth-order valence-corrected chi connectivity index (χ4v) is 3.53. The van der Waals surface area contributed by atoms with E-state index >= 15 is 0 Å². The summed E-state index contributed by atoms with van der Waals surface area (Å²) >= 11 is 0. The van der Waals surface area contributed by atoms with Crippen LogP contribution in [-0.2, 0) is 13.1 Å². The molecule has 0 aliphatic rings. The Morgan fingerprint density at radius 2 is 1.72 bits per heavy atom. The third kappa shape index (κ3) is 4.56. The molecule has 0 aliphatic carbocycles. The van der Waals surface area contributed by atoms with Gasteiger partial charge in [-0.1, -0.05) is 42.5 Å². The van der Waals surface area contributed by atoms with E-state index in [1.54, 1.807) is 47.7 Å². The van der Waals surface area contributed by atoms with E-state index in [0.717, 1.165) is 11.1 Å². The van der Waals surface area contributed by atoms with E-state index in [2.05, 4.69) is 15.5 Å². The van der Waals surface area contributed by atoms with E-state index in [1.807, 2.05) is 42.5 Å². The van der Waals surface area contributed by atoms with E-state index in [-0.39, 0.29) is 11.6 Å². The summed E-state index contributed by atoms with van der Waals surface area (Å²) in [5.74, 6) is -0.238. The highest BCUT2D eigenvalue weighted by Crippen LogP contribution is 2.22. The van der Waals surface area contributed by atoms with E-state index in [0.29, 0.717) is 35.7 Å². The summed E-state index contributed by atoms with van der Waals surface area (Å²) in [4.78, 5) is 23.3. The molecule has 0 radical (unpaired) electrons. The van der Waals surface area contributed by atoms with Gasteiger partial charge in [-0.25, -0.2) is 0 Å². The lowest BCUT2D eigenvalue weighted by Crippen LogP contribution is -2.12. The summed E-state index contributed by atoms with van der Waals surface area (Å²) in [6.07, 6.45) is 3.40. The minimum absolute atomic E-state index is 0.0359. The highest BCUT2D eigenvalue weighted by Gasteiger charge is 2.21. The molecule has 162 valence electrons. The number of carbonyl (C=O) groups is 1. The third-order valence-electron chi connectivity index (χ3n) is 5.15. The molecule has 4 aromatic rings. The Morgan fingerprint density at radius 1 is 1.03 bits per heavy atom. The van der Waals surface area contributed by atoms with Crippen molar-refractivity contribution in [1.82, 2.24) is 19.6 Å². The monoisotopic (exact) mass is 430 g/mol. The van der Waals surface area contributed by atoms with Gasteiger partial charge < -0.3 is 5.32 Å². The number of aromatic nitrogens is 4. The van der Waals surface area contributed by atoms with Gasteiger partial charge in [0.1, 0.15) is 11.4 Å². The number of rotatable bonds is 7. The van der Waals surface area contributed by atoms with Gasteiger partial charge >= 0.3 is 5.69 Å². The summed E-state index contributed by atoms with van der Waals surface area (Å²) in [5.41, 5.74) is 4.05. The average Bonchev–Trinajstić information content (AvgIpc) is 3.32. The quantitative estimate of drug-likeness (QED) is 0.353. The van der Waals surface area contributed by atoms with Crippen LogP contribution < -0.4 is 5.32 Å². The SMILES string of the molecule is Cc1nn(Cc2ccc(C(=O)Nc3cnn(Cc4ccccc4)c3)cc2)c(C)c1[N+](=O)[O-]. The van der Waals surface area contributed by atoms with Crippen LogP contribution in [0.1, 0.15) is 32.9 Å². The Hall–Kier alpha value is -4.27. The fraction of sp³-hybridized carbons (Fsp3) is 0.174. The zero-order valence-corrected chi connectivity index (χ0v) is 17.7. The first-order valence-corrected chi connectivity index (χ1v) is 10.1. The molecule has 0 saturated heterocycles. The van der Waals surface area contributed by atoms with Crippen LogP contribution in [0, 0.1) is 24.0 Å². The van der Waals surface area contributed by atoms with E-state index in [1.165, 1.54) is 0 Å². The Bertz CT molecular complexity index is 1260. The lowest BCUT2D eigenvalue weighted by molar-refractivity contribution is -0.386. The molecule has 0 aliphatic heterocycles. The number of nitrogens with zero attached hydrogens (tertiary/aromatic N) is 5. The van der Waals surface area contributed by atoms with Gasteiger partial charge in [0.25, 0.3) is 5.91 Å². The highest BCUT2D eigenvalue weighted by molar-refractivity contribution is 6.04. The van der Waals surface area contributed by atoms with Crippen LogP contribution >= 0.6 is 0 Å². The van der Waals surface area contributed by atoms with Gasteiger partial charge in [0.05, 0.1) is 29.9 Å². The Labute approximate surface area is 184 Å². The molecule has 32 heavy (non-hydrogen) atoms. The summed E-state index contributed by atoms with van der Waals surface area (Å²) in [7, 11) is 0. The molecule has 2 aromatic carbocycles. The lowest BCUT2D eigenvalue weighted by Gasteiger charge is -2.06. The van der Waals surface area contributed by atoms with Gasteiger partial charge in [-0.3, -0.25) is 24.3 Å². The van der Waals surface area contributed by atoms with E-state index in [4.69, 9.17) is 0 Å². The van der Waals surface area contributed by atoms with Crippen LogP contribution in [0.3, 0.4) is 0 Å². The maximum Gasteiger partial charge on any atom is 0.312 e.